The maximum Gasteiger partial charge on any atom is 0.146 e. The van der Waals surface area contributed by atoms with Gasteiger partial charge in [0.2, 0.25) is 0 Å². The fourth-order valence-electron chi connectivity index (χ4n) is 2.03. The molecule has 0 saturated carbocycles. The Labute approximate surface area is 121 Å². The fourth-order valence-corrected chi connectivity index (χ4v) is 2.21. The Bertz CT molecular complexity index is 590. The van der Waals surface area contributed by atoms with Gasteiger partial charge in [-0.25, -0.2) is 8.78 Å². The summed E-state index contributed by atoms with van der Waals surface area (Å²) in [6.07, 6.45) is 3.52. The lowest BCUT2D eigenvalue weighted by atomic mass is 9.99. The summed E-state index contributed by atoms with van der Waals surface area (Å²) in [5.74, 6) is -0.944. The van der Waals surface area contributed by atoms with Crippen LogP contribution in [-0.4, -0.2) is 11.5 Å². The molecule has 0 saturated heterocycles. The van der Waals surface area contributed by atoms with Crippen molar-refractivity contribution >= 4 is 11.6 Å². The zero-order chi connectivity index (χ0) is 14.5. The first-order valence-corrected chi connectivity index (χ1v) is 6.79. The third-order valence-corrected chi connectivity index (χ3v) is 3.24. The SMILES string of the molecule is CCCNC(c1cncc(F)c1)c1cccc(Cl)c1F. The van der Waals surface area contributed by atoms with E-state index in [1.807, 2.05) is 6.92 Å². The van der Waals surface area contributed by atoms with E-state index < -0.39 is 17.7 Å². The number of halogens is 3. The Morgan fingerprint density at radius 1 is 1.30 bits per heavy atom. The molecule has 5 heteroatoms. The van der Waals surface area contributed by atoms with Crippen LogP contribution >= 0.6 is 11.6 Å². The molecule has 0 amide bonds. The first kappa shape index (κ1) is 14.9. The second-order valence-corrected chi connectivity index (χ2v) is 4.87. The van der Waals surface area contributed by atoms with Crippen LogP contribution in [0.3, 0.4) is 0 Å². The van der Waals surface area contributed by atoms with Gasteiger partial charge < -0.3 is 5.32 Å². The molecule has 0 aliphatic rings. The highest BCUT2D eigenvalue weighted by Gasteiger charge is 2.19. The van der Waals surface area contributed by atoms with Gasteiger partial charge in [0.1, 0.15) is 11.6 Å². The van der Waals surface area contributed by atoms with Crippen molar-refractivity contribution in [3.63, 3.8) is 0 Å². The number of hydrogen-bond acceptors (Lipinski definition) is 2. The van der Waals surface area contributed by atoms with Crippen LogP contribution in [0.1, 0.15) is 30.5 Å². The lowest BCUT2D eigenvalue weighted by molar-refractivity contribution is 0.541. The van der Waals surface area contributed by atoms with E-state index in [0.717, 1.165) is 12.6 Å². The summed E-state index contributed by atoms with van der Waals surface area (Å²) < 4.78 is 27.5. The minimum Gasteiger partial charge on any atom is -0.306 e. The lowest BCUT2D eigenvalue weighted by Gasteiger charge is -2.20. The van der Waals surface area contributed by atoms with Crippen LogP contribution in [-0.2, 0) is 0 Å². The van der Waals surface area contributed by atoms with E-state index >= 15 is 0 Å². The summed E-state index contributed by atoms with van der Waals surface area (Å²) >= 11 is 5.82. The molecule has 106 valence electrons. The summed E-state index contributed by atoms with van der Waals surface area (Å²) in [6, 6.07) is 5.67. The van der Waals surface area contributed by atoms with Crippen molar-refractivity contribution in [2.75, 3.05) is 6.54 Å². The van der Waals surface area contributed by atoms with Crippen molar-refractivity contribution in [3.05, 3.63) is 64.4 Å². The Hall–Kier alpha value is -1.52. The molecule has 1 N–H and O–H groups in total. The quantitative estimate of drug-likeness (QED) is 0.898. The molecule has 1 aromatic heterocycles. The molecule has 1 heterocycles. The highest BCUT2D eigenvalue weighted by molar-refractivity contribution is 6.30. The summed E-state index contributed by atoms with van der Waals surface area (Å²) in [5.41, 5.74) is 0.956. The molecule has 1 atom stereocenters. The van der Waals surface area contributed by atoms with Crippen LogP contribution in [0.15, 0.2) is 36.7 Å². The van der Waals surface area contributed by atoms with Crippen LogP contribution in [0.4, 0.5) is 8.78 Å². The number of aromatic nitrogens is 1. The van der Waals surface area contributed by atoms with Gasteiger partial charge in [0, 0.05) is 11.8 Å². The van der Waals surface area contributed by atoms with Gasteiger partial charge in [0.05, 0.1) is 17.3 Å². The third-order valence-electron chi connectivity index (χ3n) is 2.95. The predicted molar refractivity (Wildman–Crippen MR) is 75.7 cm³/mol. The van der Waals surface area contributed by atoms with Gasteiger partial charge in [-0.05, 0) is 30.7 Å². The number of hydrogen-bond donors (Lipinski definition) is 1. The van der Waals surface area contributed by atoms with Crippen LogP contribution < -0.4 is 5.32 Å². The first-order valence-electron chi connectivity index (χ1n) is 6.41. The standard InChI is InChI=1S/C15H15ClF2N2/c1-2-6-20-15(10-7-11(17)9-19-8-10)12-4-3-5-13(16)14(12)18/h3-5,7-9,15,20H,2,6H2,1H3. The van der Waals surface area contributed by atoms with E-state index in [0.29, 0.717) is 17.7 Å². The van der Waals surface area contributed by atoms with Crippen molar-refractivity contribution in [2.24, 2.45) is 0 Å². The summed E-state index contributed by atoms with van der Waals surface area (Å²) in [6.45, 7) is 2.68. The van der Waals surface area contributed by atoms with Gasteiger partial charge in [0.15, 0.2) is 0 Å². The van der Waals surface area contributed by atoms with Crippen LogP contribution in [0.25, 0.3) is 0 Å². The van der Waals surface area contributed by atoms with Crippen molar-refractivity contribution in [1.82, 2.24) is 10.3 Å². The molecule has 2 aromatic rings. The average molecular weight is 297 g/mol. The van der Waals surface area contributed by atoms with E-state index in [-0.39, 0.29) is 5.02 Å². The average Bonchev–Trinajstić information content (AvgIpc) is 2.44. The van der Waals surface area contributed by atoms with Crippen molar-refractivity contribution in [1.29, 1.82) is 0 Å². The van der Waals surface area contributed by atoms with Crippen molar-refractivity contribution in [2.45, 2.75) is 19.4 Å². The third kappa shape index (κ3) is 3.32. The normalized spacial score (nSPS) is 12.4. The zero-order valence-corrected chi connectivity index (χ0v) is 11.8. The van der Waals surface area contributed by atoms with Crippen LogP contribution in [0, 0.1) is 11.6 Å². The summed E-state index contributed by atoms with van der Waals surface area (Å²) in [7, 11) is 0. The summed E-state index contributed by atoms with van der Waals surface area (Å²) in [4.78, 5) is 3.82. The second kappa shape index (κ2) is 6.77. The van der Waals surface area contributed by atoms with Gasteiger partial charge in [0.25, 0.3) is 0 Å². The molecule has 2 nitrogen and oxygen atoms in total. The van der Waals surface area contributed by atoms with Gasteiger partial charge in [-0.2, -0.15) is 0 Å². The molecule has 0 aliphatic heterocycles. The molecule has 0 aliphatic carbocycles. The zero-order valence-electron chi connectivity index (χ0n) is 11.0. The Morgan fingerprint density at radius 2 is 2.10 bits per heavy atom. The maximum atomic E-state index is 14.2. The Kier molecular flexibility index (Phi) is 5.04. The van der Waals surface area contributed by atoms with Crippen molar-refractivity contribution < 1.29 is 8.78 Å². The molecule has 1 unspecified atom stereocenters. The van der Waals surface area contributed by atoms with E-state index in [9.17, 15) is 8.78 Å². The molecule has 20 heavy (non-hydrogen) atoms. The first-order chi connectivity index (χ1) is 9.63. The molecular weight excluding hydrogens is 282 g/mol. The predicted octanol–water partition coefficient (Wildman–Crippen LogP) is 4.10. The Balaban J connectivity index is 2.44. The van der Waals surface area contributed by atoms with Gasteiger partial charge in [-0.15, -0.1) is 0 Å². The fraction of sp³-hybridized carbons (Fsp3) is 0.267. The smallest absolute Gasteiger partial charge is 0.146 e. The molecule has 0 fully saturated rings. The minimum absolute atomic E-state index is 0.0511. The molecule has 1 aromatic carbocycles. The molecule has 0 radical (unpaired) electrons. The second-order valence-electron chi connectivity index (χ2n) is 4.47. The number of benzene rings is 1. The Morgan fingerprint density at radius 3 is 2.80 bits per heavy atom. The topological polar surface area (TPSA) is 24.9 Å². The minimum atomic E-state index is -0.493. The monoisotopic (exact) mass is 296 g/mol. The summed E-state index contributed by atoms with van der Waals surface area (Å²) in [5, 5.41) is 3.24. The molecule has 2 rings (SSSR count). The molecular formula is C15H15ClF2N2. The lowest BCUT2D eigenvalue weighted by Crippen LogP contribution is -2.24. The van der Waals surface area contributed by atoms with Gasteiger partial charge in [-0.3, -0.25) is 4.98 Å². The molecule has 0 spiro atoms. The van der Waals surface area contributed by atoms with E-state index in [1.54, 1.807) is 12.1 Å². The van der Waals surface area contributed by atoms with E-state index in [4.69, 9.17) is 11.6 Å². The highest BCUT2D eigenvalue weighted by Crippen LogP contribution is 2.28. The van der Waals surface area contributed by atoms with Gasteiger partial charge in [-0.1, -0.05) is 30.7 Å². The van der Waals surface area contributed by atoms with Gasteiger partial charge >= 0.3 is 0 Å². The highest BCUT2D eigenvalue weighted by atomic mass is 35.5. The number of nitrogens with zero attached hydrogens (tertiary/aromatic N) is 1. The van der Waals surface area contributed by atoms with Crippen LogP contribution in [0.5, 0.6) is 0 Å². The number of nitrogens with one attached hydrogen (secondary N) is 1. The molecule has 0 bridgehead atoms. The van der Waals surface area contributed by atoms with E-state index in [2.05, 4.69) is 10.3 Å². The largest absolute Gasteiger partial charge is 0.306 e. The maximum absolute atomic E-state index is 14.2. The van der Waals surface area contributed by atoms with Crippen molar-refractivity contribution in [3.8, 4) is 0 Å². The number of pyridine rings is 1. The van der Waals surface area contributed by atoms with E-state index in [1.165, 1.54) is 18.3 Å². The number of rotatable bonds is 5. The van der Waals surface area contributed by atoms with Crippen LogP contribution in [0.2, 0.25) is 5.02 Å².